The molecule has 0 bridgehead atoms. The Bertz CT molecular complexity index is 641. The summed E-state index contributed by atoms with van der Waals surface area (Å²) >= 11 is 0. The van der Waals surface area contributed by atoms with E-state index in [2.05, 4.69) is 29.5 Å². The predicted molar refractivity (Wildman–Crippen MR) is 93.2 cm³/mol. The van der Waals surface area contributed by atoms with Crippen LogP contribution < -0.4 is 15.4 Å². The number of hydrogen-bond acceptors (Lipinski definition) is 4. The third-order valence-electron chi connectivity index (χ3n) is 3.45. The molecule has 0 saturated heterocycles. The van der Waals surface area contributed by atoms with Gasteiger partial charge in [0.25, 0.3) is 5.91 Å². The molecule has 0 aliphatic rings. The minimum atomic E-state index is -0.163. The minimum Gasteiger partial charge on any atom is -0.494 e. The molecule has 0 aliphatic carbocycles. The van der Waals surface area contributed by atoms with E-state index in [4.69, 9.17) is 4.74 Å². The molecule has 122 valence electrons. The molecule has 0 fully saturated rings. The Morgan fingerprint density at radius 2 is 1.96 bits per heavy atom. The maximum Gasteiger partial charge on any atom is 0.255 e. The fourth-order valence-electron chi connectivity index (χ4n) is 2.01. The molecule has 1 heterocycles. The van der Waals surface area contributed by atoms with E-state index >= 15 is 0 Å². The van der Waals surface area contributed by atoms with Gasteiger partial charge >= 0.3 is 0 Å². The molecule has 0 saturated carbocycles. The molecule has 23 heavy (non-hydrogen) atoms. The number of nitrogens with zero attached hydrogens (tertiary/aromatic N) is 1. The summed E-state index contributed by atoms with van der Waals surface area (Å²) in [5.74, 6) is 1.33. The molecule has 2 rings (SSSR count). The highest BCUT2D eigenvalue weighted by Gasteiger charge is 2.08. The van der Waals surface area contributed by atoms with Gasteiger partial charge in [-0.25, -0.2) is 4.98 Å². The second kappa shape index (κ2) is 8.17. The normalized spacial score (nSPS) is 11.6. The Kier molecular flexibility index (Phi) is 5.97. The summed E-state index contributed by atoms with van der Waals surface area (Å²) in [6.07, 6.45) is 2.63. The molecule has 1 amide bonds. The van der Waals surface area contributed by atoms with Crippen molar-refractivity contribution >= 4 is 17.4 Å². The molecule has 0 radical (unpaired) electrons. The summed E-state index contributed by atoms with van der Waals surface area (Å²) in [6, 6.07) is 11.1. The highest BCUT2D eigenvalue weighted by Crippen LogP contribution is 2.17. The largest absolute Gasteiger partial charge is 0.494 e. The van der Waals surface area contributed by atoms with Crippen molar-refractivity contribution in [3.05, 3.63) is 48.2 Å². The third kappa shape index (κ3) is 4.98. The lowest BCUT2D eigenvalue weighted by atomic mass is 10.2. The van der Waals surface area contributed by atoms with Crippen LogP contribution in [0.25, 0.3) is 0 Å². The zero-order chi connectivity index (χ0) is 16.7. The van der Waals surface area contributed by atoms with Crippen molar-refractivity contribution in [1.29, 1.82) is 0 Å². The Balaban J connectivity index is 2.03. The number of amides is 1. The Hall–Kier alpha value is -2.56. The third-order valence-corrected chi connectivity index (χ3v) is 3.45. The molecule has 1 aromatic carbocycles. The molecule has 5 heteroatoms. The van der Waals surface area contributed by atoms with Crippen molar-refractivity contribution < 1.29 is 9.53 Å². The SMILES string of the molecule is CCOc1ccc(NC(=O)c2ccnc(NC(C)CC)c2)cc1. The number of nitrogens with one attached hydrogen (secondary N) is 2. The van der Waals surface area contributed by atoms with E-state index < -0.39 is 0 Å². The fraction of sp³-hybridized carbons (Fsp3) is 0.333. The molecule has 2 aromatic rings. The number of ether oxygens (including phenoxy) is 1. The van der Waals surface area contributed by atoms with E-state index in [1.807, 2.05) is 31.2 Å². The number of benzene rings is 1. The number of pyridine rings is 1. The number of rotatable bonds is 7. The van der Waals surface area contributed by atoms with Crippen LogP contribution in [0.5, 0.6) is 5.75 Å². The van der Waals surface area contributed by atoms with E-state index in [1.54, 1.807) is 18.3 Å². The number of aromatic nitrogens is 1. The molecular formula is C18H23N3O2. The molecule has 0 aliphatic heterocycles. The van der Waals surface area contributed by atoms with Crippen LogP contribution in [0.4, 0.5) is 11.5 Å². The zero-order valence-corrected chi connectivity index (χ0v) is 13.8. The molecular weight excluding hydrogens is 290 g/mol. The van der Waals surface area contributed by atoms with Gasteiger partial charge in [-0.05, 0) is 56.7 Å². The summed E-state index contributed by atoms with van der Waals surface area (Å²) in [4.78, 5) is 16.6. The van der Waals surface area contributed by atoms with E-state index in [-0.39, 0.29) is 5.91 Å². The molecule has 1 unspecified atom stereocenters. The predicted octanol–water partition coefficient (Wildman–Crippen LogP) is 3.94. The average Bonchev–Trinajstić information content (AvgIpc) is 2.57. The van der Waals surface area contributed by atoms with Crippen molar-refractivity contribution in [2.45, 2.75) is 33.2 Å². The summed E-state index contributed by atoms with van der Waals surface area (Å²) in [5, 5.41) is 6.14. The first-order valence-corrected chi connectivity index (χ1v) is 7.89. The number of carbonyl (C=O) groups is 1. The lowest BCUT2D eigenvalue weighted by molar-refractivity contribution is 0.102. The molecule has 5 nitrogen and oxygen atoms in total. The number of anilines is 2. The molecule has 0 spiro atoms. The molecule has 2 N–H and O–H groups in total. The van der Waals surface area contributed by atoms with E-state index in [1.165, 1.54) is 0 Å². The van der Waals surface area contributed by atoms with Crippen molar-refractivity contribution in [1.82, 2.24) is 4.98 Å². The quantitative estimate of drug-likeness (QED) is 0.812. The lowest BCUT2D eigenvalue weighted by Crippen LogP contribution is -2.16. The smallest absolute Gasteiger partial charge is 0.255 e. The summed E-state index contributed by atoms with van der Waals surface area (Å²) in [7, 11) is 0. The van der Waals surface area contributed by atoms with Crippen LogP contribution >= 0.6 is 0 Å². The summed E-state index contributed by atoms with van der Waals surface area (Å²) in [5.41, 5.74) is 1.30. The first kappa shape index (κ1) is 16.8. The second-order valence-corrected chi connectivity index (χ2v) is 5.29. The van der Waals surface area contributed by atoms with Gasteiger partial charge in [0.05, 0.1) is 6.61 Å². The van der Waals surface area contributed by atoms with Crippen LogP contribution in [0.2, 0.25) is 0 Å². The van der Waals surface area contributed by atoms with Crippen LogP contribution in [0.1, 0.15) is 37.6 Å². The lowest BCUT2D eigenvalue weighted by Gasteiger charge is -2.13. The average molecular weight is 313 g/mol. The van der Waals surface area contributed by atoms with Crippen LogP contribution in [0.15, 0.2) is 42.6 Å². The van der Waals surface area contributed by atoms with Gasteiger partial charge in [-0.3, -0.25) is 4.79 Å². The number of hydrogen-bond donors (Lipinski definition) is 2. The standard InChI is InChI=1S/C18H23N3O2/c1-4-13(3)20-17-12-14(10-11-19-17)18(22)21-15-6-8-16(9-7-15)23-5-2/h6-13H,4-5H2,1-3H3,(H,19,20)(H,21,22). The Labute approximate surface area is 137 Å². The van der Waals surface area contributed by atoms with Gasteiger partial charge < -0.3 is 15.4 Å². The highest BCUT2D eigenvalue weighted by atomic mass is 16.5. The van der Waals surface area contributed by atoms with Gasteiger partial charge in [0.15, 0.2) is 0 Å². The second-order valence-electron chi connectivity index (χ2n) is 5.29. The van der Waals surface area contributed by atoms with Crippen LogP contribution in [-0.4, -0.2) is 23.5 Å². The van der Waals surface area contributed by atoms with Gasteiger partial charge in [-0.1, -0.05) is 6.92 Å². The Morgan fingerprint density at radius 3 is 2.61 bits per heavy atom. The topological polar surface area (TPSA) is 63.2 Å². The monoisotopic (exact) mass is 313 g/mol. The fourth-order valence-corrected chi connectivity index (χ4v) is 2.01. The van der Waals surface area contributed by atoms with Crippen molar-refractivity contribution in [2.24, 2.45) is 0 Å². The first-order chi connectivity index (χ1) is 11.1. The minimum absolute atomic E-state index is 0.163. The van der Waals surface area contributed by atoms with Gasteiger partial charge in [-0.15, -0.1) is 0 Å². The van der Waals surface area contributed by atoms with Crippen molar-refractivity contribution in [3.8, 4) is 5.75 Å². The Morgan fingerprint density at radius 1 is 1.22 bits per heavy atom. The van der Waals surface area contributed by atoms with E-state index in [9.17, 15) is 4.79 Å². The molecule has 1 aromatic heterocycles. The van der Waals surface area contributed by atoms with Crippen LogP contribution in [0, 0.1) is 0 Å². The first-order valence-electron chi connectivity index (χ1n) is 7.89. The highest BCUT2D eigenvalue weighted by molar-refractivity contribution is 6.04. The van der Waals surface area contributed by atoms with E-state index in [0.29, 0.717) is 24.0 Å². The number of carbonyl (C=O) groups excluding carboxylic acids is 1. The maximum atomic E-state index is 12.3. The zero-order valence-electron chi connectivity index (χ0n) is 13.8. The summed E-state index contributed by atoms with van der Waals surface area (Å²) in [6.45, 7) is 6.73. The van der Waals surface area contributed by atoms with Crippen molar-refractivity contribution in [3.63, 3.8) is 0 Å². The van der Waals surface area contributed by atoms with E-state index in [0.717, 1.165) is 17.9 Å². The maximum absolute atomic E-state index is 12.3. The van der Waals surface area contributed by atoms with Gasteiger partial charge in [-0.2, -0.15) is 0 Å². The van der Waals surface area contributed by atoms with Gasteiger partial charge in [0.1, 0.15) is 11.6 Å². The van der Waals surface area contributed by atoms with Crippen molar-refractivity contribution in [2.75, 3.05) is 17.2 Å². The van der Waals surface area contributed by atoms with Crippen LogP contribution in [-0.2, 0) is 0 Å². The van der Waals surface area contributed by atoms with Crippen LogP contribution in [0.3, 0.4) is 0 Å². The van der Waals surface area contributed by atoms with Gasteiger partial charge in [0.2, 0.25) is 0 Å². The van der Waals surface area contributed by atoms with Gasteiger partial charge in [0, 0.05) is 23.5 Å². The molecule has 1 atom stereocenters. The summed E-state index contributed by atoms with van der Waals surface area (Å²) < 4.78 is 5.38.